The Morgan fingerprint density at radius 2 is 2.33 bits per heavy atom. The van der Waals surface area contributed by atoms with E-state index in [1.807, 2.05) is 12.1 Å². The maximum absolute atomic E-state index is 8.80. The molecule has 1 aromatic rings. The Bertz CT molecular complexity index is 371. The van der Waals surface area contributed by atoms with E-state index in [1.165, 1.54) is 0 Å². The number of nitrogens with two attached hydrogens (primary N) is 1. The van der Waals surface area contributed by atoms with Crippen molar-refractivity contribution < 1.29 is 0 Å². The molecule has 3 N–H and O–H groups in total. The van der Waals surface area contributed by atoms with Crippen LogP contribution in [0.5, 0.6) is 0 Å². The monoisotopic (exact) mass is 221 g/mol. The van der Waals surface area contributed by atoms with Gasteiger partial charge in [-0.25, -0.2) is 0 Å². The number of nitrogens with zero attached hydrogens (tertiary/aromatic N) is 1. The lowest BCUT2D eigenvalue weighted by Crippen LogP contribution is -2.13. The largest absolute Gasteiger partial charge is 0.396 e. The summed E-state index contributed by atoms with van der Waals surface area (Å²) in [4.78, 5) is 0. The number of rotatable bonds is 4. The average Bonchev–Trinajstić information content (AvgIpc) is 2.27. The second-order valence-corrected chi connectivity index (χ2v) is 4.58. The molecule has 1 rings (SSSR count). The maximum Gasteiger partial charge on any atom is 0.101 e. The van der Waals surface area contributed by atoms with Crippen LogP contribution in [0.15, 0.2) is 18.2 Å². The molecule has 0 spiro atoms. The molecule has 0 saturated heterocycles. The van der Waals surface area contributed by atoms with Crippen LogP contribution in [0.1, 0.15) is 12.5 Å². The summed E-state index contributed by atoms with van der Waals surface area (Å²) >= 11 is 1.79. The van der Waals surface area contributed by atoms with Gasteiger partial charge >= 0.3 is 0 Å². The van der Waals surface area contributed by atoms with Gasteiger partial charge in [0.2, 0.25) is 0 Å². The van der Waals surface area contributed by atoms with E-state index in [9.17, 15) is 0 Å². The van der Waals surface area contributed by atoms with Gasteiger partial charge in [-0.05, 0) is 18.4 Å². The smallest absolute Gasteiger partial charge is 0.101 e. The molecule has 0 heterocycles. The normalized spacial score (nSPS) is 11.8. The SMILES string of the molecule is CSC(C)CNc1cccc(C#N)c1N. The van der Waals surface area contributed by atoms with E-state index in [0.717, 1.165) is 12.2 Å². The fourth-order valence-electron chi connectivity index (χ4n) is 1.15. The molecule has 0 aliphatic rings. The van der Waals surface area contributed by atoms with Crippen LogP contribution >= 0.6 is 11.8 Å². The molecule has 0 bridgehead atoms. The molecule has 3 nitrogen and oxygen atoms in total. The maximum atomic E-state index is 8.80. The van der Waals surface area contributed by atoms with Gasteiger partial charge in [-0.2, -0.15) is 17.0 Å². The molecule has 0 amide bonds. The highest BCUT2D eigenvalue weighted by Crippen LogP contribution is 2.22. The summed E-state index contributed by atoms with van der Waals surface area (Å²) in [6, 6.07) is 7.51. The van der Waals surface area contributed by atoms with Crippen molar-refractivity contribution >= 4 is 23.1 Å². The third-order valence-electron chi connectivity index (χ3n) is 2.21. The van der Waals surface area contributed by atoms with Crippen molar-refractivity contribution in [3.8, 4) is 6.07 Å². The van der Waals surface area contributed by atoms with Gasteiger partial charge in [0.15, 0.2) is 0 Å². The molecule has 0 radical (unpaired) electrons. The van der Waals surface area contributed by atoms with Gasteiger partial charge in [0.1, 0.15) is 6.07 Å². The fourth-order valence-corrected chi connectivity index (χ4v) is 1.40. The summed E-state index contributed by atoms with van der Waals surface area (Å²) in [5.74, 6) is 0. The van der Waals surface area contributed by atoms with E-state index in [1.54, 1.807) is 17.8 Å². The lowest BCUT2D eigenvalue weighted by atomic mass is 10.1. The Labute approximate surface area is 94.7 Å². The molecular formula is C11H15N3S. The number of hydrogen-bond acceptors (Lipinski definition) is 4. The first kappa shape index (κ1) is 11.7. The van der Waals surface area contributed by atoms with Crippen molar-refractivity contribution in [1.82, 2.24) is 0 Å². The van der Waals surface area contributed by atoms with Gasteiger partial charge in [0.05, 0.1) is 16.9 Å². The predicted molar refractivity (Wildman–Crippen MR) is 67.0 cm³/mol. The van der Waals surface area contributed by atoms with Crippen LogP contribution < -0.4 is 11.1 Å². The molecule has 80 valence electrons. The summed E-state index contributed by atoms with van der Waals surface area (Å²) in [6.45, 7) is 2.99. The van der Waals surface area contributed by atoms with Crippen LogP contribution in [0, 0.1) is 11.3 Å². The minimum atomic E-state index is 0.523. The van der Waals surface area contributed by atoms with Crippen molar-refractivity contribution in [3.05, 3.63) is 23.8 Å². The van der Waals surface area contributed by atoms with Crippen LogP contribution in [-0.2, 0) is 0 Å². The number of para-hydroxylation sites is 1. The standard InChI is InChI=1S/C11H15N3S/c1-8(15-2)7-14-10-5-3-4-9(6-12)11(10)13/h3-5,8,14H,7,13H2,1-2H3. The van der Waals surface area contributed by atoms with E-state index < -0.39 is 0 Å². The predicted octanol–water partition coefficient (Wildman–Crippen LogP) is 2.30. The van der Waals surface area contributed by atoms with Crippen LogP contribution in [-0.4, -0.2) is 18.1 Å². The highest BCUT2D eigenvalue weighted by Gasteiger charge is 2.05. The van der Waals surface area contributed by atoms with E-state index in [4.69, 9.17) is 11.0 Å². The number of nitriles is 1. The molecule has 0 aromatic heterocycles. The second kappa shape index (κ2) is 5.52. The first-order chi connectivity index (χ1) is 7.19. The molecule has 0 aliphatic carbocycles. The number of benzene rings is 1. The third kappa shape index (κ3) is 3.07. The lowest BCUT2D eigenvalue weighted by molar-refractivity contribution is 1.00. The topological polar surface area (TPSA) is 61.8 Å². The number of thioether (sulfide) groups is 1. The Morgan fingerprint density at radius 1 is 1.60 bits per heavy atom. The van der Waals surface area contributed by atoms with Crippen LogP contribution in [0.2, 0.25) is 0 Å². The summed E-state index contributed by atoms with van der Waals surface area (Å²) in [7, 11) is 0. The molecule has 1 aromatic carbocycles. The molecule has 0 aliphatic heterocycles. The summed E-state index contributed by atoms with van der Waals surface area (Å²) in [5.41, 5.74) is 7.73. The zero-order valence-corrected chi connectivity index (χ0v) is 9.77. The van der Waals surface area contributed by atoms with Crippen molar-refractivity contribution in [3.63, 3.8) is 0 Å². The Hall–Kier alpha value is -1.34. The summed E-state index contributed by atoms with van der Waals surface area (Å²) < 4.78 is 0. The zero-order valence-electron chi connectivity index (χ0n) is 8.95. The van der Waals surface area contributed by atoms with Crippen molar-refractivity contribution in [2.45, 2.75) is 12.2 Å². The van der Waals surface area contributed by atoms with Crippen LogP contribution in [0.3, 0.4) is 0 Å². The Morgan fingerprint density at radius 3 is 2.93 bits per heavy atom. The van der Waals surface area contributed by atoms with Gasteiger partial charge in [0, 0.05) is 11.8 Å². The first-order valence-corrected chi connectivity index (χ1v) is 6.03. The highest BCUT2D eigenvalue weighted by molar-refractivity contribution is 7.99. The molecule has 1 unspecified atom stereocenters. The third-order valence-corrected chi connectivity index (χ3v) is 3.18. The van der Waals surface area contributed by atoms with Gasteiger partial charge < -0.3 is 11.1 Å². The van der Waals surface area contributed by atoms with Gasteiger partial charge in [-0.1, -0.05) is 13.0 Å². The molecule has 15 heavy (non-hydrogen) atoms. The number of anilines is 2. The van der Waals surface area contributed by atoms with Crippen molar-refractivity contribution in [2.24, 2.45) is 0 Å². The molecule has 4 heteroatoms. The van der Waals surface area contributed by atoms with Gasteiger partial charge in [0.25, 0.3) is 0 Å². The summed E-state index contributed by atoms with van der Waals surface area (Å²) in [6.07, 6.45) is 2.07. The second-order valence-electron chi connectivity index (χ2n) is 3.31. The van der Waals surface area contributed by atoms with Crippen LogP contribution in [0.4, 0.5) is 11.4 Å². The van der Waals surface area contributed by atoms with Crippen LogP contribution in [0.25, 0.3) is 0 Å². The van der Waals surface area contributed by atoms with Crippen molar-refractivity contribution in [1.29, 1.82) is 5.26 Å². The van der Waals surface area contributed by atoms with E-state index in [-0.39, 0.29) is 0 Å². The van der Waals surface area contributed by atoms with Gasteiger partial charge in [-0.3, -0.25) is 0 Å². The highest BCUT2D eigenvalue weighted by atomic mass is 32.2. The Balaban J connectivity index is 2.74. The van der Waals surface area contributed by atoms with Gasteiger partial charge in [-0.15, -0.1) is 0 Å². The lowest BCUT2D eigenvalue weighted by Gasteiger charge is -2.13. The molecule has 0 fully saturated rings. The van der Waals surface area contributed by atoms with E-state index in [2.05, 4.69) is 24.6 Å². The minimum absolute atomic E-state index is 0.523. The Kier molecular flexibility index (Phi) is 4.32. The average molecular weight is 221 g/mol. The molecule has 0 saturated carbocycles. The van der Waals surface area contributed by atoms with Crippen molar-refractivity contribution in [2.75, 3.05) is 23.9 Å². The first-order valence-electron chi connectivity index (χ1n) is 4.74. The molecular weight excluding hydrogens is 206 g/mol. The van der Waals surface area contributed by atoms with E-state index in [0.29, 0.717) is 16.5 Å². The van der Waals surface area contributed by atoms with E-state index >= 15 is 0 Å². The number of hydrogen-bond donors (Lipinski definition) is 2. The number of nitrogens with one attached hydrogen (secondary N) is 1. The minimum Gasteiger partial charge on any atom is -0.396 e. The zero-order chi connectivity index (χ0) is 11.3. The molecule has 1 atom stereocenters. The fraction of sp³-hybridized carbons (Fsp3) is 0.364. The number of nitrogen functional groups attached to an aromatic ring is 1. The summed E-state index contributed by atoms with van der Waals surface area (Å²) in [5, 5.41) is 12.6. The quantitative estimate of drug-likeness (QED) is 0.766.